The summed E-state index contributed by atoms with van der Waals surface area (Å²) in [4.78, 5) is 16.6. The molecule has 1 amide bonds. The molecule has 0 fully saturated rings. The quantitative estimate of drug-likeness (QED) is 0.347. The number of hydrogen-bond donors (Lipinski definition) is 1. The van der Waals surface area contributed by atoms with Gasteiger partial charge in [0, 0.05) is 35.2 Å². The van der Waals surface area contributed by atoms with Gasteiger partial charge in [-0.2, -0.15) is 0 Å². The minimum absolute atomic E-state index is 0.105. The summed E-state index contributed by atoms with van der Waals surface area (Å²) in [6.45, 7) is 2.95. The number of ether oxygens (including phenoxy) is 1. The largest absolute Gasteiger partial charge is 0.494 e. The van der Waals surface area contributed by atoms with Crippen LogP contribution in [0, 0.1) is 0 Å². The Balaban J connectivity index is 1.52. The number of halogens is 1. The molecule has 0 unspecified atom stereocenters. The highest BCUT2D eigenvalue weighted by atomic mass is 35.5. The van der Waals surface area contributed by atoms with Crippen molar-refractivity contribution in [2.45, 2.75) is 18.6 Å². The van der Waals surface area contributed by atoms with Crippen molar-refractivity contribution >= 4 is 29.3 Å². The predicted molar refractivity (Wildman–Crippen MR) is 130 cm³/mol. The van der Waals surface area contributed by atoms with Crippen LogP contribution in [-0.4, -0.2) is 38.0 Å². The van der Waals surface area contributed by atoms with E-state index >= 15 is 0 Å². The SMILES string of the molecule is CCOc1ccc(-n2c(SCC(=O)NCc3cccc(Cl)c3)nnc2-c2ccncc2)cc1. The number of carbonyl (C=O) groups is 1. The van der Waals surface area contributed by atoms with Gasteiger partial charge in [0.1, 0.15) is 5.75 Å². The molecule has 2 aromatic heterocycles. The minimum atomic E-state index is -0.105. The van der Waals surface area contributed by atoms with Gasteiger partial charge < -0.3 is 10.1 Å². The molecule has 4 rings (SSSR count). The maximum absolute atomic E-state index is 12.5. The minimum Gasteiger partial charge on any atom is -0.494 e. The first-order valence-corrected chi connectivity index (χ1v) is 11.7. The first kappa shape index (κ1) is 22.8. The summed E-state index contributed by atoms with van der Waals surface area (Å²) in [5, 5.41) is 12.9. The van der Waals surface area contributed by atoms with Crippen molar-refractivity contribution in [1.82, 2.24) is 25.1 Å². The molecule has 2 heterocycles. The maximum atomic E-state index is 12.5. The lowest BCUT2D eigenvalue weighted by Gasteiger charge is -2.11. The molecular formula is C24H22ClN5O2S. The Labute approximate surface area is 201 Å². The van der Waals surface area contributed by atoms with E-state index in [-0.39, 0.29) is 11.7 Å². The zero-order valence-corrected chi connectivity index (χ0v) is 19.5. The topological polar surface area (TPSA) is 81.9 Å². The highest BCUT2D eigenvalue weighted by Gasteiger charge is 2.17. The van der Waals surface area contributed by atoms with Crippen LogP contribution in [0.5, 0.6) is 5.75 Å². The van der Waals surface area contributed by atoms with E-state index in [9.17, 15) is 4.79 Å². The third-order valence-corrected chi connectivity index (χ3v) is 5.85. The third kappa shape index (κ3) is 5.91. The van der Waals surface area contributed by atoms with Crippen molar-refractivity contribution in [1.29, 1.82) is 0 Å². The fourth-order valence-corrected chi connectivity index (χ4v) is 4.17. The molecule has 0 aliphatic rings. The van der Waals surface area contributed by atoms with E-state index in [1.165, 1.54) is 11.8 Å². The number of thioether (sulfide) groups is 1. The molecule has 0 radical (unpaired) electrons. The Kier molecular flexibility index (Phi) is 7.59. The lowest BCUT2D eigenvalue weighted by molar-refractivity contribution is -0.118. The predicted octanol–water partition coefficient (Wildman–Crippen LogP) is 4.79. The highest BCUT2D eigenvalue weighted by molar-refractivity contribution is 7.99. The van der Waals surface area contributed by atoms with Gasteiger partial charge in [-0.05, 0) is 61.0 Å². The average Bonchev–Trinajstić information content (AvgIpc) is 3.27. The first-order valence-electron chi connectivity index (χ1n) is 10.4. The molecule has 168 valence electrons. The third-order valence-electron chi connectivity index (χ3n) is 4.69. The molecule has 0 saturated heterocycles. The second kappa shape index (κ2) is 11.0. The Hall–Kier alpha value is -3.36. The number of hydrogen-bond acceptors (Lipinski definition) is 6. The van der Waals surface area contributed by atoms with Gasteiger partial charge in [-0.15, -0.1) is 10.2 Å². The number of aromatic nitrogens is 4. The first-order chi connectivity index (χ1) is 16.1. The van der Waals surface area contributed by atoms with Crippen LogP contribution in [0.25, 0.3) is 17.1 Å². The van der Waals surface area contributed by atoms with Gasteiger partial charge >= 0.3 is 0 Å². The summed E-state index contributed by atoms with van der Waals surface area (Å²) < 4.78 is 7.49. The van der Waals surface area contributed by atoms with E-state index in [1.807, 2.05) is 66.1 Å². The van der Waals surface area contributed by atoms with E-state index in [4.69, 9.17) is 16.3 Å². The summed E-state index contributed by atoms with van der Waals surface area (Å²) in [5.41, 5.74) is 2.69. The average molecular weight is 480 g/mol. The lowest BCUT2D eigenvalue weighted by atomic mass is 10.2. The molecule has 7 nitrogen and oxygen atoms in total. The van der Waals surface area contributed by atoms with Crippen molar-refractivity contribution in [3.63, 3.8) is 0 Å². The number of benzene rings is 2. The van der Waals surface area contributed by atoms with Crippen molar-refractivity contribution in [2.75, 3.05) is 12.4 Å². The highest BCUT2D eigenvalue weighted by Crippen LogP contribution is 2.28. The van der Waals surface area contributed by atoms with E-state index < -0.39 is 0 Å². The van der Waals surface area contributed by atoms with E-state index in [0.717, 1.165) is 22.6 Å². The van der Waals surface area contributed by atoms with Crippen LogP contribution in [0.3, 0.4) is 0 Å². The number of nitrogens with zero attached hydrogens (tertiary/aromatic N) is 4. The summed E-state index contributed by atoms with van der Waals surface area (Å²) in [6, 6.07) is 18.9. The van der Waals surface area contributed by atoms with E-state index in [0.29, 0.717) is 29.2 Å². The second-order valence-electron chi connectivity index (χ2n) is 7.00. The molecule has 2 aromatic carbocycles. The van der Waals surface area contributed by atoms with Gasteiger partial charge in [-0.25, -0.2) is 0 Å². The number of amides is 1. The maximum Gasteiger partial charge on any atom is 0.230 e. The van der Waals surface area contributed by atoms with E-state index in [1.54, 1.807) is 18.5 Å². The van der Waals surface area contributed by atoms with Crippen molar-refractivity contribution in [3.05, 3.63) is 83.6 Å². The Morgan fingerprint density at radius 2 is 1.88 bits per heavy atom. The van der Waals surface area contributed by atoms with Crippen LogP contribution < -0.4 is 10.1 Å². The molecule has 1 N–H and O–H groups in total. The van der Waals surface area contributed by atoms with Crippen molar-refractivity contribution in [3.8, 4) is 22.8 Å². The van der Waals surface area contributed by atoms with Crippen LogP contribution in [0.15, 0.2) is 78.2 Å². The molecular weight excluding hydrogens is 458 g/mol. The normalized spacial score (nSPS) is 10.7. The zero-order chi connectivity index (χ0) is 23.0. The summed E-state index contributed by atoms with van der Waals surface area (Å²) in [5.74, 6) is 1.55. The second-order valence-corrected chi connectivity index (χ2v) is 8.38. The Morgan fingerprint density at radius 1 is 1.09 bits per heavy atom. The lowest BCUT2D eigenvalue weighted by Crippen LogP contribution is -2.24. The van der Waals surface area contributed by atoms with Gasteiger partial charge in [-0.3, -0.25) is 14.3 Å². The van der Waals surface area contributed by atoms with Crippen molar-refractivity contribution in [2.24, 2.45) is 0 Å². The molecule has 0 aliphatic heterocycles. The number of pyridine rings is 1. The molecule has 9 heteroatoms. The Morgan fingerprint density at radius 3 is 2.61 bits per heavy atom. The fourth-order valence-electron chi connectivity index (χ4n) is 3.17. The van der Waals surface area contributed by atoms with Crippen LogP contribution in [0.2, 0.25) is 5.02 Å². The molecule has 0 saturated carbocycles. The smallest absolute Gasteiger partial charge is 0.230 e. The van der Waals surface area contributed by atoms with Gasteiger partial charge in [0.15, 0.2) is 11.0 Å². The summed E-state index contributed by atoms with van der Waals surface area (Å²) in [7, 11) is 0. The molecule has 4 aromatic rings. The van der Waals surface area contributed by atoms with Crippen LogP contribution in [-0.2, 0) is 11.3 Å². The van der Waals surface area contributed by atoms with Gasteiger partial charge in [-0.1, -0.05) is 35.5 Å². The van der Waals surface area contributed by atoms with Crippen LogP contribution in [0.1, 0.15) is 12.5 Å². The van der Waals surface area contributed by atoms with Gasteiger partial charge in [0.2, 0.25) is 5.91 Å². The monoisotopic (exact) mass is 479 g/mol. The van der Waals surface area contributed by atoms with E-state index in [2.05, 4.69) is 20.5 Å². The fraction of sp³-hybridized carbons (Fsp3) is 0.167. The van der Waals surface area contributed by atoms with Crippen LogP contribution in [0.4, 0.5) is 0 Å². The standard InChI is InChI=1S/C24H22ClN5O2S/c1-2-32-21-8-6-20(7-9-21)30-23(18-10-12-26-13-11-18)28-29-24(30)33-16-22(31)27-15-17-4-3-5-19(25)14-17/h3-14H,2,15-16H2,1H3,(H,27,31). The van der Waals surface area contributed by atoms with Crippen LogP contribution >= 0.6 is 23.4 Å². The number of carbonyl (C=O) groups excluding carboxylic acids is 1. The molecule has 0 atom stereocenters. The van der Waals surface area contributed by atoms with Crippen molar-refractivity contribution < 1.29 is 9.53 Å². The molecule has 0 spiro atoms. The Bertz CT molecular complexity index is 1220. The molecule has 0 aliphatic carbocycles. The summed E-state index contributed by atoms with van der Waals surface area (Å²) in [6.07, 6.45) is 3.42. The summed E-state index contributed by atoms with van der Waals surface area (Å²) >= 11 is 7.33. The van der Waals surface area contributed by atoms with Gasteiger partial charge in [0.05, 0.1) is 12.4 Å². The molecule has 33 heavy (non-hydrogen) atoms. The molecule has 0 bridgehead atoms. The number of nitrogens with one attached hydrogen (secondary N) is 1. The van der Waals surface area contributed by atoms with Gasteiger partial charge in [0.25, 0.3) is 0 Å². The number of rotatable bonds is 9. The zero-order valence-electron chi connectivity index (χ0n) is 17.9.